The van der Waals surface area contributed by atoms with Gasteiger partial charge >= 0.3 is 7.25 Å². The summed E-state index contributed by atoms with van der Waals surface area (Å²) in [6.45, 7) is 0. The standard InChI is InChI=1S/C35H25S.BF4/c1-6-16-26(17-7-1)31-32(27-18-8-2-9-19-27)34(29-22-12-4-13-23-29)36-35(30-24-14-5-15-25-30)33(31)28-20-10-3-11-21-28;2-1(3,4)5/h1-25H;/q+1;-1. The van der Waals surface area contributed by atoms with Crippen molar-refractivity contribution in [3.8, 4) is 54.3 Å². The van der Waals surface area contributed by atoms with Crippen LogP contribution >= 0.6 is 11.3 Å². The van der Waals surface area contributed by atoms with Crippen molar-refractivity contribution in [1.82, 2.24) is 0 Å². The van der Waals surface area contributed by atoms with Gasteiger partial charge in [0.15, 0.2) is 0 Å². The molecule has 0 atom stereocenters. The minimum Gasteiger partial charge on any atom is -0.418 e. The zero-order valence-corrected chi connectivity index (χ0v) is 22.7. The Kier molecular flexibility index (Phi) is 8.71. The highest BCUT2D eigenvalue weighted by molar-refractivity contribution is 7.19. The molecule has 0 amide bonds. The van der Waals surface area contributed by atoms with Gasteiger partial charge in [0.2, 0.25) is 21.1 Å². The molecule has 0 fully saturated rings. The monoisotopic (exact) mass is 564 g/mol. The topological polar surface area (TPSA) is 0 Å². The fourth-order valence-electron chi connectivity index (χ4n) is 4.80. The van der Waals surface area contributed by atoms with Crippen LogP contribution in [0.25, 0.3) is 54.3 Å². The Morgan fingerprint density at radius 3 is 0.805 bits per heavy atom. The zero-order valence-electron chi connectivity index (χ0n) is 21.9. The number of halogens is 4. The first-order valence-electron chi connectivity index (χ1n) is 13.1. The Morgan fingerprint density at radius 2 is 0.537 bits per heavy atom. The largest absolute Gasteiger partial charge is 0.673 e. The molecule has 41 heavy (non-hydrogen) atoms. The molecule has 0 aliphatic rings. The zero-order chi connectivity index (χ0) is 28.7. The van der Waals surface area contributed by atoms with E-state index in [1.807, 2.05) is 11.3 Å². The summed E-state index contributed by atoms with van der Waals surface area (Å²) in [5.74, 6) is 0. The van der Waals surface area contributed by atoms with Crippen molar-refractivity contribution in [2.24, 2.45) is 0 Å². The van der Waals surface area contributed by atoms with Gasteiger partial charge < -0.3 is 17.3 Å². The lowest BCUT2D eigenvalue weighted by Gasteiger charge is -2.17. The highest BCUT2D eigenvalue weighted by atomic mass is 32.1. The smallest absolute Gasteiger partial charge is 0.418 e. The minimum atomic E-state index is -6.00. The number of rotatable bonds is 5. The van der Waals surface area contributed by atoms with Crippen molar-refractivity contribution < 1.29 is 17.3 Å². The first-order valence-corrected chi connectivity index (χ1v) is 13.9. The van der Waals surface area contributed by atoms with Crippen LogP contribution < -0.4 is 0 Å². The second kappa shape index (κ2) is 12.8. The van der Waals surface area contributed by atoms with Crippen LogP contribution in [0, 0.1) is 0 Å². The minimum absolute atomic E-state index is 1.22. The third-order valence-electron chi connectivity index (χ3n) is 6.42. The van der Waals surface area contributed by atoms with Gasteiger partial charge in [0.1, 0.15) is 0 Å². The van der Waals surface area contributed by atoms with Crippen molar-refractivity contribution in [2.45, 2.75) is 0 Å². The van der Waals surface area contributed by atoms with Crippen LogP contribution in [0.1, 0.15) is 0 Å². The van der Waals surface area contributed by atoms with E-state index in [1.54, 1.807) is 0 Å². The molecule has 0 saturated heterocycles. The number of hydrogen-bond donors (Lipinski definition) is 0. The van der Waals surface area contributed by atoms with Crippen LogP contribution in [0.2, 0.25) is 0 Å². The maximum atomic E-state index is 9.75. The van der Waals surface area contributed by atoms with E-state index < -0.39 is 7.25 Å². The molecule has 0 aliphatic carbocycles. The molecule has 5 aromatic carbocycles. The van der Waals surface area contributed by atoms with Crippen LogP contribution in [0.4, 0.5) is 17.3 Å². The molecule has 1 heterocycles. The first kappa shape index (κ1) is 28.0. The lowest BCUT2D eigenvalue weighted by atomic mass is 9.86. The third-order valence-corrected chi connectivity index (χ3v) is 7.71. The molecule has 0 saturated carbocycles. The van der Waals surface area contributed by atoms with Gasteiger partial charge in [-0.3, -0.25) is 0 Å². The van der Waals surface area contributed by atoms with Crippen molar-refractivity contribution >= 4 is 18.6 Å². The second-order valence-corrected chi connectivity index (χ2v) is 10.2. The predicted molar refractivity (Wildman–Crippen MR) is 166 cm³/mol. The Labute approximate surface area is 241 Å². The van der Waals surface area contributed by atoms with Gasteiger partial charge in [0, 0.05) is 16.7 Å². The van der Waals surface area contributed by atoms with E-state index in [2.05, 4.69) is 152 Å². The molecule has 0 bridgehead atoms. The average molecular weight is 564 g/mol. The molecule has 6 aromatic rings. The van der Waals surface area contributed by atoms with Gasteiger partial charge in [-0.15, -0.1) is 0 Å². The van der Waals surface area contributed by atoms with Crippen molar-refractivity contribution in [3.63, 3.8) is 0 Å². The summed E-state index contributed by atoms with van der Waals surface area (Å²) >= 11 is 1.88. The summed E-state index contributed by atoms with van der Waals surface area (Å²) in [6, 6.07) is 54.1. The molecular weight excluding hydrogens is 539 g/mol. The summed E-state index contributed by atoms with van der Waals surface area (Å²) in [6.07, 6.45) is 0. The highest BCUT2D eigenvalue weighted by Crippen LogP contribution is 2.52. The van der Waals surface area contributed by atoms with Crippen LogP contribution in [0.15, 0.2) is 152 Å². The number of benzene rings is 5. The summed E-state index contributed by atoms with van der Waals surface area (Å²) in [7, 11) is -6.00. The van der Waals surface area contributed by atoms with Crippen LogP contribution in [-0.2, 0) is 0 Å². The van der Waals surface area contributed by atoms with Crippen molar-refractivity contribution in [1.29, 1.82) is 0 Å². The lowest BCUT2D eigenvalue weighted by molar-refractivity contribution is 0.368. The van der Waals surface area contributed by atoms with E-state index in [-0.39, 0.29) is 0 Å². The Balaban J connectivity index is 0.000000623. The SMILES string of the molecule is F[B-](F)(F)F.c1ccc(-c2[s+]c(-c3ccccc3)c(-c3ccccc3)c(-c3ccccc3)c2-c2ccccc2)cc1. The maximum Gasteiger partial charge on any atom is 0.673 e. The molecular formula is C35H25BF4S. The molecule has 6 rings (SSSR count). The Morgan fingerprint density at radius 1 is 0.317 bits per heavy atom. The van der Waals surface area contributed by atoms with Gasteiger partial charge in [-0.1, -0.05) is 127 Å². The quantitative estimate of drug-likeness (QED) is 0.111. The van der Waals surface area contributed by atoms with Crippen molar-refractivity contribution in [2.75, 3.05) is 0 Å². The van der Waals surface area contributed by atoms with E-state index >= 15 is 0 Å². The Bertz CT molecular complexity index is 1590. The molecule has 0 N–H and O–H groups in total. The average Bonchev–Trinajstić information content (AvgIpc) is 3.01. The van der Waals surface area contributed by atoms with Gasteiger partial charge in [-0.05, 0) is 41.0 Å². The van der Waals surface area contributed by atoms with Crippen LogP contribution in [0.5, 0.6) is 0 Å². The van der Waals surface area contributed by atoms with Gasteiger partial charge in [0.05, 0.1) is 11.1 Å². The molecule has 0 unspecified atom stereocenters. The van der Waals surface area contributed by atoms with Crippen LogP contribution in [0.3, 0.4) is 0 Å². The first-order chi connectivity index (χ1) is 19.9. The highest BCUT2D eigenvalue weighted by Gasteiger charge is 2.32. The van der Waals surface area contributed by atoms with E-state index in [4.69, 9.17) is 0 Å². The van der Waals surface area contributed by atoms with Crippen LogP contribution in [-0.4, -0.2) is 7.25 Å². The van der Waals surface area contributed by atoms with E-state index in [0.717, 1.165) is 0 Å². The van der Waals surface area contributed by atoms with E-state index in [9.17, 15) is 17.3 Å². The van der Waals surface area contributed by atoms with Gasteiger partial charge in [-0.2, -0.15) is 0 Å². The lowest BCUT2D eigenvalue weighted by Crippen LogP contribution is -2.02. The molecule has 0 nitrogen and oxygen atoms in total. The second-order valence-electron chi connectivity index (χ2n) is 9.21. The summed E-state index contributed by atoms with van der Waals surface area (Å²) in [5.41, 5.74) is 9.95. The van der Waals surface area contributed by atoms with E-state index in [1.165, 1.54) is 54.3 Å². The van der Waals surface area contributed by atoms with Gasteiger partial charge in [0.25, 0.3) is 0 Å². The molecule has 0 spiro atoms. The predicted octanol–water partition coefficient (Wildman–Crippen LogP) is 11.7. The fourth-order valence-corrected chi connectivity index (χ4v) is 6.15. The molecule has 6 heteroatoms. The van der Waals surface area contributed by atoms with Crippen molar-refractivity contribution in [3.05, 3.63) is 152 Å². The number of hydrogen-bond acceptors (Lipinski definition) is 0. The molecule has 0 radical (unpaired) electrons. The summed E-state index contributed by atoms with van der Waals surface area (Å²) < 4.78 is 39.0. The Hall–Kier alpha value is -4.55. The summed E-state index contributed by atoms with van der Waals surface area (Å²) in [4.78, 5) is 2.55. The third kappa shape index (κ3) is 6.97. The maximum absolute atomic E-state index is 9.75. The molecule has 202 valence electrons. The fraction of sp³-hybridized carbons (Fsp3) is 0. The molecule has 0 aliphatic heterocycles. The van der Waals surface area contributed by atoms with Gasteiger partial charge in [-0.25, -0.2) is 0 Å². The summed E-state index contributed by atoms with van der Waals surface area (Å²) in [5, 5.41) is 0. The normalized spacial score (nSPS) is 10.9. The molecule has 1 aromatic heterocycles. The van der Waals surface area contributed by atoms with E-state index in [0.29, 0.717) is 0 Å².